The Bertz CT molecular complexity index is 546. The predicted molar refractivity (Wildman–Crippen MR) is 89.1 cm³/mol. The lowest BCUT2D eigenvalue weighted by Gasteiger charge is -2.15. The number of ether oxygens (including phenoxy) is 1. The molecule has 0 fully saturated rings. The Kier molecular flexibility index (Phi) is 5.23. The highest BCUT2D eigenvalue weighted by atomic mass is 16.5. The summed E-state index contributed by atoms with van der Waals surface area (Å²) in [6.45, 7) is 0. The molecule has 0 aliphatic carbocycles. The van der Waals surface area contributed by atoms with Gasteiger partial charge in [-0.15, -0.1) is 0 Å². The molecule has 0 heterocycles. The molecule has 2 N–H and O–H groups in total. The first-order valence-electron chi connectivity index (χ1n) is 7.23. The number of hydrogen-bond donors (Lipinski definition) is 1. The molecule has 0 saturated carbocycles. The summed E-state index contributed by atoms with van der Waals surface area (Å²) in [5.74, 6) is 0.881. The highest BCUT2D eigenvalue weighted by Crippen LogP contribution is 2.16. The predicted octanol–water partition coefficient (Wildman–Crippen LogP) is 2.87. The highest BCUT2D eigenvalue weighted by Gasteiger charge is 2.06. The van der Waals surface area contributed by atoms with E-state index in [0.29, 0.717) is 0 Å². The van der Waals surface area contributed by atoms with Crippen LogP contribution in [0.25, 0.3) is 0 Å². The van der Waals surface area contributed by atoms with Crippen LogP contribution in [-0.4, -0.2) is 27.2 Å². The fraction of sp³-hybridized carbons (Fsp3) is 0.333. The van der Waals surface area contributed by atoms with Crippen molar-refractivity contribution in [1.29, 1.82) is 0 Å². The monoisotopic (exact) mass is 284 g/mol. The first-order chi connectivity index (χ1) is 10.1. The number of methoxy groups -OCH3 is 1. The molecule has 0 aromatic heterocycles. The van der Waals surface area contributed by atoms with Crippen LogP contribution in [-0.2, 0) is 12.8 Å². The molecular weight excluding hydrogens is 260 g/mol. The number of anilines is 1. The Labute approximate surface area is 127 Å². The maximum absolute atomic E-state index is 6.26. The van der Waals surface area contributed by atoms with Gasteiger partial charge >= 0.3 is 0 Å². The zero-order valence-corrected chi connectivity index (χ0v) is 13.0. The number of rotatable bonds is 6. The van der Waals surface area contributed by atoms with Gasteiger partial charge < -0.3 is 15.4 Å². The summed E-state index contributed by atoms with van der Waals surface area (Å²) < 4.78 is 5.17. The van der Waals surface area contributed by atoms with E-state index in [1.807, 2.05) is 26.2 Å². The fourth-order valence-electron chi connectivity index (χ4n) is 2.37. The Morgan fingerprint density at radius 1 is 0.905 bits per heavy atom. The van der Waals surface area contributed by atoms with Crippen LogP contribution < -0.4 is 15.4 Å². The largest absolute Gasteiger partial charge is 0.497 e. The second kappa shape index (κ2) is 7.14. The minimum atomic E-state index is 0.128. The average molecular weight is 284 g/mol. The molecule has 112 valence electrons. The van der Waals surface area contributed by atoms with Crippen LogP contribution in [0.4, 0.5) is 5.69 Å². The van der Waals surface area contributed by atoms with Crippen LogP contribution in [0.15, 0.2) is 48.5 Å². The molecule has 0 aliphatic heterocycles. The van der Waals surface area contributed by atoms with Gasteiger partial charge in [-0.3, -0.25) is 0 Å². The van der Waals surface area contributed by atoms with Crippen LogP contribution in [0.3, 0.4) is 0 Å². The molecule has 1 atom stereocenters. The van der Waals surface area contributed by atoms with Crippen molar-refractivity contribution in [2.45, 2.75) is 18.9 Å². The summed E-state index contributed by atoms with van der Waals surface area (Å²) in [6.07, 6.45) is 1.76. The Morgan fingerprint density at radius 3 is 1.81 bits per heavy atom. The van der Waals surface area contributed by atoms with Crippen molar-refractivity contribution < 1.29 is 4.74 Å². The van der Waals surface area contributed by atoms with E-state index >= 15 is 0 Å². The van der Waals surface area contributed by atoms with Gasteiger partial charge in [0.15, 0.2) is 0 Å². The molecule has 3 heteroatoms. The third-order valence-corrected chi connectivity index (χ3v) is 3.61. The third kappa shape index (κ3) is 4.50. The van der Waals surface area contributed by atoms with E-state index in [-0.39, 0.29) is 6.04 Å². The zero-order valence-electron chi connectivity index (χ0n) is 13.0. The average Bonchev–Trinajstić information content (AvgIpc) is 2.48. The summed E-state index contributed by atoms with van der Waals surface area (Å²) in [6, 6.07) is 16.8. The van der Waals surface area contributed by atoms with Gasteiger partial charge in [0.05, 0.1) is 7.11 Å². The quantitative estimate of drug-likeness (QED) is 0.886. The van der Waals surface area contributed by atoms with Crippen LogP contribution in [0.2, 0.25) is 0 Å². The van der Waals surface area contributed by atoms with Crippen molar-refractivity contribution in [2.24, 2.45) is 5.73 Å². The minimum Gasteiger partial charge on any atom is -0.497 e. The van der Waals surface area contributed by atoms with Gasteiger partial charge in [-0.05, 0) is 48.2 Å². The topological polar surface area (TPSA) is 38.5 Å². The van der Waals surface area contributed by atoms with Crippen LogP contribution in [0, 0.1) is 0 Å². The summed E-state index contributed by atoms with van der Waals surface area (Å²) in [4.78, 5) is 2.10. The molecule has 2 aromatic rings. The minimum absolute atomic E-state index is 0.128. The molecule has 0 saturated heterocycles. The van der Waals surface area contributed by atoms with E-state index in [9.17, 15) is 0 Å². The van der Waals surface area contributed by atoms with Gasteiger partial charge in [0.25, 0.3) is 0 Å². The van der Waals surface area contributed by atoms with E-state index in [4.69, 9.17) is 10.5 Å². The van der Waals surface area contributed by atoms with Crippen molar-refractivity contribution >= 4 is 5.69 Å². The maximum atomic E-state index is 6.26. The number of benzene rings is 2. The Balaban J connectivity index is 1.92. The molecule has 2 rings (SSSR count). The molecule has 0 radical (unpaired) electrons. The third-order valence-electron chi connectivity index (χ3n) is 3.61. The van der Waals surface area contributed by atoms with E-state index in [1.54, 1.807) is 7.11 Å². The standard InChI is InChI=1S/C18H24N2O/c1-20(2)17-8-4-14(5-9-17)12-16(19)13-15-6-10-18(21-3)11-7-15/h4-11,16H,12-13,19H2,1-3H3. The lowest BCUT2D eigenvalue weighted by molar-refractivity contribution is 0.414. The highest BCUT2D eigenvalue weighted by molar-refractivity contribution is 5.46. The van der Waals surface area contributed by atoms with Gasteiger partial charge in [-0.2, -0.15) is 0 Å². The number of nitrogens with zero attached hydrogens (tertiary/aromatic N) is 1. The van der Waals surface area contributed by atoms with E-state index < -0.39 is 0 Å². The normalized spacial score (nSPS) is 12.0. The lowest BCUT2D eigenvalue weighted by Crippen LogP contribution is -2.25. The van der Waals surface area contributed by atoms with Gasteiger partial charge in [-0.1, -0.05) is 24.3 Å². The van der Waals surface area contributed by atoms with Crippen LogP contribution in [0.5, 0.6) is 5.75 Å². The van der Waals surface area contributed by atoms with Crippen LogP contribution >= 0.6 is 0 Å². The Morgan fingerprint density at radius 2 is 1.38 bits per heavy atom. The van der Waals surface area contributed by atoms with Crippen LogP contribution in [0.1, 0.15) is 11.1 Å². The molecule has 3 nitrogen and oxygen atoms in total. The number of nitrogens with two attached hydrogens (primary N) is 1. The van der Waals surface area contributed by atoms with E-state index in [2.05, 4.69) is 41.3 Å². The molecule has 1 unspecified atom stereocenters. The van der Waals surface area contributed by atoms with E-state index in [1.165, 1.54) is 16.8 Å². The van der Waals surface area contributed by atoms with Gasteiger partial charge in [0.1, 0.15) is 5.75 Å². The Hall–Kier alpha value is -2.00. The molecule has 0 amide bonds. The molecule has 0 spiro atoms. The van der Waals surface area contributed by atoms with Crippen molar-refractivity contribution in [3.05, 3.63) is 59.7 Å². The zero-order chi connectivity index (χ0) is 15.2. The smallest absolute Gasteiger partial charge is 0.118 e. The van der Waals surface area contributed by atoms with Crippen molar-refractivity contribution in [2.75, 3.05) is 26.1 Å². The summed E-state index contributed by atoms with van der Waals surface area (Å²) in [5, 5.41) is 0. The van der Waals surface area contributed by atoms with E-state index in [0.717, 1.165) is 18.6 Å². The first kappa shape index (κ1) is 15.4. The van der Waals surface area contributed by atoms with Crippen molar-refractivity contribution in [3.63, 3.8) is 0 Å². The maximum Gasteiger partial charge on any atom is 0.118 e. The molecule has 2 aromatic carbocycles. The molecule has 21 heavy (non-hydrogen) atoms. The van der Waals surface area contributed by atoms with Gasteiger partial charge in [0.2, 0.25) is 0 Å². The summed E-state index contributed by atoms with van der Waals surface area (Å²) in [7, 11) is 5.77. The SMILES string of the molecule is COc1ccc(CC(N)Cc2ccc(N(C)C)cc2)cc1. The number of hydrogen-bond acceptors (Lipinski definition) is 3. The molecule has 0 aliphatic rings. The van der Waals surface area contributed by atoms with Gasteiger partial charge in [0, 0.05) is 25.8 Å². The summed E-state index contributed by atoms with van der Waals surface area (Å²) >= 11 is 0. The molecule has 0 bridgehead atoms. The second-order valence-corrected chi connectivity index (χ2v) is 5.58. The van der Waals surface area contributed by atoms with Crippen molar-refractivity contribution in [3.8, 4) is 5.75 Å². The summed E-state index contributed by atoms with van der Waals surface area (Å²) in [5.41, 5.74) is 10.00. The fourth-order valence-corrected chi connectivity index (χ4v) is 2.37. The van der Waals surface area contributed by atoms with Crippen molar-refractivity contribution in [1.82, 2.24) is 0 Å². The first-order valence-corrected chi connectivity index (χ1v) is 7.23. The second-order valence-electron chi connectivity index (χ2n) is 5.58. The van der Waals surface area contributed by atoms with Gasteiger partial charge in [-0.25, -0.2) is 0 Å². The lowest BCUT2D eigenvalue weighted by atomic mass is 9.99. The molecular formula is C18H24N2O.